The number of hydrogen-bond donors (Lipinski definition) is 1. The zero-order valence-electron chi connectivity index (χ0n) is 10.6. The minimum Gasteiger partial charge on any atom is -0.477 e. The molecular formula is C11H9F3N2O4S. The molecule has 114 valence electrons. The van der Waals surface area contributed by atoms with E-state index in [-0.39, 0.29) is 27.2 Å². The van der Waals surface area contributed by atoms with Crippen LogP contribution in [0.15, 0.2) is 11.1 Å². The van der Waals surface area contributed by atoms with E-state index in [0.717, 1.165) is 22.2 Å². The Labute approximate surface area is 119 Å². The Morgan fingerprint density at radius 1 is 1.52 bits per heavy atom. The second kappa shape index (κ2) is 5.45. The monoisotopic (exact) mass is 322 g/mol. The number of alkyl halides is 3. The van der Waals surface area contributed by atoms with E-state index in [0.29, 0.717) is 0 Å². The molecule has 2 rings (SSSR count). The van der Waals surface area contributed by atoms with Crippen molar-refractivity contribution in [3.63, 3.8) is 0 Å². The van der Waals surface area contributed by atoms with Crippen molar-refractivity contribution in [2.24, 2.45) is 0 Å². The molecule has 0 radical (unpaired) electrons. The lowest BCUT2D eigenvalue weighted by Gasteiger charge is -2.08. The molecule has 2 aromatic heterocycles. The zero-order valence-corrected chi connectivity index (χ0v) is 11.4. The van der Waals surface area contributed by atoms with Gasteiger partial charge in [0, 0.05) is 0 Å². The highest BCUT2D eigenvalue weighted by Crippen LogP contribution is 2.26. The Morgan fingerprint density at radius 3 is 2.76 bits per heavy atom. The average molecular weight is 322 g/mol. The highest BCUT2D eigenvalue weighted by Gasteiger charge is 2.28. The van der Waals surface area contributed by atoms with Crippen LogP contribution in [0.3, 0.4) is 0 Å². The van der Waals surface area contributed by atoms with E-state index >= 15 is 0 Å². The van der Waals surface area contributed by atoms with E-state index < -0.39 is 24.5 Å². The van der Waals surface area contributed by atoms with Crippen molar-refractivity contribution in [2.75, 3.05) is 6.61 Å². The number of aromatic nitrogens is 2. The first kappa shape index (κ1) is 15.4. The third-order valence-electron chi connectivity index (χ3n) is 2.71. The molecule has 0 aliphatic heterocycles. The van der Waals surface area contributed by atoms with Crippen LogP contribution < -0.4 is 5.56 Å². The summed E-state index contributed by atoms with van der Waals surface area (Å²) in [6.45, 7) is 0.395. The number of aryl methyl sites for hydroxylation is 1. The van der Waals surface area contributed by atoms with Gasteiger partial charge in [0.1, 0.15) is 9.71 Å². The van der Waals surface area contributed by atoms with Crippen molar-refractivity contribution >= 4 is 27.5 Å². The highest BCUT2D eigenvalue weighted by atomic mass is 32.1. The van der Waals surface area contributed by atoms with Crippen LogP contribution in [0.25, 0.3) is 10.2 Å². The number of nitrogens with zero attached hydrogens (tertiary/aromatic N) is 2. The molecule has 0 saturated carbocycles. The van der Waals surface area contributed by atoms with E-state index in [2.05, 4.69) is 9.72 Å². The number of rotatable bonds is 4. The van der Waals surface area contributed by atoms with Crippen molar-refractivity contribution < 1.29 is 27.8 Å². The number of aromatic carboxylic acids is 1. The maximum atomic E-state index is 12.1. The minimum absolute atomic E-state index is 0.0149. The number of carboxylic acids is 1. The molecule has 10 heteroatoms. The predicted molar refractivity (Wildman–Crippen MR) is 67.6 cm³/mol. The van der Waals surface area contributed by atoms with Crippen LogP contribution in [0.1, 0.15) is 15.2 Å². The van der Waals surface area contributed by atoms with Crippen molar-refractivity contribution in [3.8, 4) is 0 Å². The molecule has 0 atom stereocenters. The maximum absolute atomic E-state index is 12.1. The Morgan fingerprint density at radius 2 is 2.19 bits per heavy atom. The first-order chi connectivity index (χ1) is 9.70. The van der Waals surface area contributed by atoms with E-state index in [4.69, 9.17) is 5.11 Å². The summed E-state index contributed by atoms with van der Waals surface area (Å²) in [5.74, 6) is -1.18. The Bertz CT molecular complexity index is 750. The molecule has 0 amide bonds. The van der Waals surface area contributed by atoms with Crippen molar-refractivity contribution in [1.82, 2.24) is 9.55 Å². The average Bonchev–Trinajstić information content (AvgIpc) is 2.69. The molecule has 0 aliphatic rings. The molecule has 0 aromatic carbocycles. The number of halogens is 3. The Balaban J connectivity index is 2.36. The normalized spacial score (nSPS) is 12.0. The maximum Gasteiger partial charge on any atom is 0.522 e. The summed E-state index contributed by atoms with van der Waals surface area (Å²) in [5, 5.41) is 9.09. The molecule has 0 unspecified atom stereocenters. The first-order valence-corrected chi connectivity index (χ1v) is 6.45. The molecule has 0 spiro atoms. The third-order valence-corrected chi connectivity index (χ3v) is 3.90. The molecule has 2 aromatic rings. The molecular weight excluding hydrogens is 313 g/mol. The van der Waals surface area contributed by atoms with Crippen molar-refractivity contribution in [1.29, 1.82) is 0 Å². The predicted octanol–water partition coefficient (Wildman–Crippen LogP) is 2.00. The number of fused-ring (bicyclic) bond motifs is 1. The largest absolute Gasteiger partial charge is 0.522 e. The summed E-state index contributed by atoms with van der Waals surface area (Å²) in [6.07, 6.45) is -3.69. The molecule has 0 saturated heterocycles. The van der Waals surface area contributed by atoms with Crippen molar-refractivity contribution in [3.05, 3.63) is 27.1 Å². The van der Waals surface area contributed by atoms with Crippen LogP contribution >= 0.6 is 11.3 Å². The molecule has 0 fully saturated rings. The van der Waals surface area contributed by atoms with Crippen LogP contribution in [0.5, 0.6) is 0 Å². The summed E-state index contributed by atoms with van der Waals surface area (Å²) in [6, 6.07) is 0. The molecule has 0 aliphatic carbocycles. The summed E-state index contributed by atoms with van der Waals surface area (Å²) >= 11 is 0.848. The summed E-state index contributed by atoms with van der Waals surface area (Å²) in [4.78, 5) is 27.3. The van der Waals surface area contributed by atoms with Gasteiger partial charge < -0.3 is 5.11 Å². The lowest BCUT2D eigenvalue weighted by atomic mass is 10.2. The first-order valence-electron chi connectivity index (χ1n) is 5.63. The number of thiophene rings is 1. The molecule has 2 heterocycles. The van der Waals surface area contributed by atoms with Crippen LogP contribution in [-0.4, -0.2) is 33.6 Å². The van der Waals surface area contributed by atoms with E-state index in [1.807, 2.05) is 0 Å². The zero-order chi connectivity index (χ0) is 15.8. The standard InChI is InChI=1S/C11H9F3N2O4S/c1-5-6-8(21-7(5)10(18)19)15-4-16(9(6)17)2-3-20-11(12,13)14/h4H,2-3H2,1H3,(H,18,19). The molecule has 6 nitrogen and oxygen atoms in total. The van der Waals surface area contributed by atoms with Crippen LogP contribution in [-0.2, 0) is 11.3 Å². The SMILES string of the molecule is Cc1c(C(=O)O)sc2ncn(CCOC(F)(F)F)c(=O)c12. The van der Waals surface area contributed by atoms with E-state index in [9.17, 15) is 22.8 Å². The van der Waals surface area contributed by atoms with Gasteiger partial charge in [0.25, 0.3) is 5.56 Å². The number of carbonyl (C=O) groups is 1. The fourth-order valence-corrected chi connectivity index (χ4v) is 2.76. The lowest BCUT2D eigenvalue weighted by Crippen LogP contribution is -2.25. The van der Waals surface area contributed by atoms with Gasteiger partial charge in [0.15, 0.2) is 0 Å². The van der Waals surface area contributed by atoms with Gasteiger partial charge in [0.05, 0.1) is 24.9 Å². The summed E-state index contributed by atoms with van der Waals surface area (Å²) in [7, 11) is 0. The topological polar surface area (TPSA) is 81.4 Å². The smallest absolute Gasteiger partial charge is 0.477 e. The van der Waals surface area contributed by atoms with Gasteiger partial charge in [-0.1, -0.05) is 0 Å². The lowest BCUT2D eigenvalue weighted by molar-refractivity contribution is -0.325. The quantitative estimate of drug-likeness (QED) is 0.931. The van der Waals surface area contributed by atoms with Gasteiger partial charge in [-0.2, -0.15) is 0 Å². The number of ether oxygens (including phenoxy) is 1. The van der Waals surface area contributed by atoms with Crippen molar-refractivity contribution in [2.45, 2.75) is 19.8 Å². The van der Waals surface area contributed by atoms with Gasteiger partial charge in [-0.3, -0.25) is 14.1 Å². The second-order valence-corrected chi connectivity index (χ2v) is 5.08. The Hall–Kier alpha value is -1.94. The van der Waals surface area contributed by atoms with Gasteiger partial charge in [-0.25, -0.2) is 9.78 Å². The fraction of sp³-hybridized carbons (Fsp3) is 0.364. The Kier molecular flexibility index (Phi) is 4.01. The van der Waals surface area contributed by atoms with Gasteiger partial charge >= 0.3 is 12.3 Å². The molecule has 0 bridgehead atoms. The van der Waals surface area contributed by atoms with Crippen LogP contribution in [0.2, 0.25) is 0 Å². The van der Waals surface area contributed by atoms with Crippen LogP contribution in [0, 0.1) is 6.92 Å². The number of hydrogen-bond acceptors (Lipinski definition) is 5. The third kappa shape index (κ3) is 3.22. The fourth-order valence-electron chi connectivity index (χ4n) is 1.78. The second-order valence-electron chi connectivity index (χ2n) is 4.08. The number of carboxylic acid groups (broad SMARTS) is 1. The van der Waals surface area contributed by atoms with Crippen LogP contribution in [0.4, 0.5) is 13.2 Å². The highest BCUT2D eigenvalue weighted by molar-refractivity contribution is 7.20. The molecule has 21 heavy (non-hydrogen) atoms. The van der Waals surface area contributed by atoms with Gasteiger partial charge in [0.2, 0.25) is 0 Å². The minimum atomic E-state index is -4.77. The van der Waals surface area contributed by atoms with Gasteiger partial charge in [-0.15, -0.1) is 24.5 Å². The van der Waals surface area contributed by atoms with E-state index in [1.165, 1.54) is 6.92 Å². The van der Waals surface area contributed by atoms with Gasteiger partial charge in [-0.05, 0) is 12.5 Å². The summed E-state index contributed by atoms with van der Waals surface area (Å²) < 4.78 is 40.2. The summed E-state index contributed by atoms with van der Waals surface area (Å²) in [5.41, 5.74) is -0.335. The molecule has 1 N–H and O–H groups in total. The van der Waals surface area contributed by atoms with E-state index in [1.54, 1.807) is 0 Å².